The SMILES string of the molecule is CCC(C)Oc1cccc(C(=O)NC(=S)NNC(=O)C(c2ccccc2)c2ccccc2)c1. The van der Waals surface area contributed by atoms with Crippen LogP contribution in [0.25, 0.3) is 0 Å². The number of benzene rings is 3. The molecule has 3 rings (SSSR count). The summed E-state index contributed by atoms with van der Waals surface area (Å²) < 4.78 is 5.76. The van der Waals surface area contributed by atoms with Gasteiger partial charge in [-0.2, -0.15) is 0 Å². The third-order valence-corrected chi connectivity index (χ3v) is 5.27. The Morgan fingerprint density at radius 2 is 1.48 bits per heavy atom. The first-order valence-corrected chi connectivity index (χ1v) is 11.2. The Labute approximate surface area is 199 Å². The molecule has 1 atom stereocenters. The lowest BCUT2D eigenvalue weighted by Crippen LogP contribution is -2.49. The Morgan fingerprint density at radius 3 is 2.06 bits per heavy atom. The number of nitrogens with one attached hydrogen (secondary N) is 3. The van der Waals surface area contributed by atoms with Crippen LogP contribution in [-0.4, -0.2) is 23.0 Å². The van der Waals surface area contributed by atoms with E-state index < -0.39 is 11.8 Å². The minimum atomic E-state index is -0.534. The van der Waals surface area contributed by atoms with E-state index in [1.807, 2.05) is 74.5 Å². The van der Waals surface area contributed by atoms with E-state index in [2.05, 4.69) is 16.2 Å². The number of carbonyl (C=O) groups is 2. The van der Waals surface area contributed by atoms with Crippen LogP contribution in [0.5, 0.6) is 5.75 Å². The maximum atomic E-state index is 13.0. The molecule has 7 heteroatoms. The first kappa shape index (κ1) is 23.9. The second kappa shape index (κ2) is 11.8. The molecule has 0 saturated heterocycles. The fraction of sp³-hybridized carbons (Fsp3) is 0.192. The first-order valence-electron chi connectivity index (χ1n) is 10.8. The summed E-state index contributed by atoms with van der Waals surface area (Å²) in [6, 6.07) is 25.8. The maximum absolute atomic E-state index is 13.0. The molecule has 3 aromatic carbocycles. The lowest BCUT2D eigenvalue weighted by Gasteiger charge is -2.19. The van der Waals surface area contributed by atoms with Crippen LogP contribution in [0.2, 0.25) is 0 Å². The van der Waals surface area contributed by atoms with E-state index >= 15 is 0 Å². The highest BCUT2D eigenvalue weighted by molar-refractivity contribution is 7.80. The van der Waals surface area contributed by atoms with Crippen molar-refractivity contribution in [2.45, 2.75) is 32.3 Å². The van der Waals surface area contributed by atoms with Crippen LogP contribution in [0.1, 0.15) is 47.7 Å². The number of hydrazine groups is 1. The zero-order valence-electron chi connectivity index (χ0n) is 18.6. The van der Waals surface area contributed by atoms with E-state index in [4.69, 9.17) is 17.0 Å². The van der Waals surface area contributed by atoms with Crippen molar-refractivity contribution in [1.82, 2.24) is 16.2 Å². The van der Waals surface area contributed by atoms with Crippen molar-refractivity contribution in [3.63, 3.8) is 0 Å². The highest BCUT2D eigenvalue weighted by Gasteiger charge is 2.22. The van der Waals surface area contributed by atoms with Gasteiger partial charge in [0.05, 0.1) is 12.0 Å². The number of thiocarbonyl (C=S) groups is 1. The molecule has 0 saturated carbocycles. The Bertz CT molecular complexity index is 1050. The lowest BCUT2D eigenvalue weighted by atomic mass is 9.91. The zero-order valence-corrected chi connectivity index (χ0v) is 19.4. The Balaban J connectivity index is 1.62. The number of ether oxygens (including phenoxy) is 1. The minimum Gasteiger partial charge on any atom is -0.491 e. The second-order valence-electron chi connectivity index (χ2n) is 7.52. The van der Waals surface area contributed by atoms with Crippen LogP contribution in [0, 0.1) is 0 Å². The third-order valence-electron chi connectivity index (χ3n) is 5.06. The second-order valence-corrected chi connectivity index (χ2v) is 7.92. The molecular weight excluding hydrogens is 434 g/mol. The van der Waals surface area contributed by atoms with E-state index in [1.165, 1.54) is 0 Å². The van der Waals surface area contributed by atoms with E-state index in [0.29, 0.717) is 11.3 Å². The molecule has 0 aliphatic heterocycles. The molecule has 0 aliphatic carbocycles. The minimum absolute atomic E-state index is 0.0125. The van der Waals surface area contributed by atoms with E-state index in [0.717, 1.165) is 17.5 Å². The molecule has 6 nitrogen and oxygen atoms in total. The number of carbonyl (C=O) groups excluding carboxylic acids is 2. The van der Waals surface area contributed by atoms with Gasteiger partial charge >= 0.3 is 0 Å². The van der Waals surface area contributed by atoms with Crippen molar-refractivity contribution in [1.29, 1.82) is 0 Å². The van der Waals surface area contributed by atoms with Crippen molar-refractivity contribution in [2.24, 2.45) is 0 Å². The number of hydrogen-bond acceptors (Lipinski definition) is 4. The number of amides is 2. The van der Waals surface area contributed by atoms with E-state index in [-0.39, 0.29) is 17.1 Å². The summed E-state index contributed by atoms with van der Waals surface area (Å²) >= 11 is 5.20. The van der Waals surface area contributed by atoms with Gasteiger partial charge in [0.1, 0.15) is 5.75 Å². The van der Waals surface area contributed by atoms with Crippen LogP contribution in [-0.2, 0) is 4.79 Å². The summed E-state index contributed by atoms with van der Waals surface area (Å²) in [5.74, 6) is -0.627. The summed E-state index contributed by atoms with van der Waals surface area (Å²) in [6.07, 6.45) is 0.903. The molecule has 1 unspecified atom stereocenters. The van der Waals surface area contributed by atoms with Crippen molar-refractivity contribution >= 4 is 29.1 Å². The van der Waals surface area contributed by atoms with Gasteiger partial charge in [-0.15, -0.1) is 0 Å². The third kappa shape index (κ3) is 6.89. The van der Waals surface area contributed by atoms with Crippen molar-refractivity contribution in [3.8, 4) is 5.75 Å². The average molecular weight is 462 g/mol. The van der Waals surface area contributed by atoms with Crippen LogP contribution in [0.3, 0.4) is 0 Å². The Kier molecular flexibility index (Phi) is 8.55. The molecule has 0 aliphatic rings. The van der Waals surface area contributed by atoms with Crippen molar-refractivity contribution in [2.75, 3.05) is 0 Å². The van der Waals surface area contributed by atoms with Crippen LogP contribution >= 0.6 is 12.2 Å². The lowest BCUT2D eigenvalue weighted by molar-refractivity contribution is -0.122. The summed E-state index contributed by atoms with van der Waals surface area (Å²) in [4.78, 5) is 25.6. The highest BCUT2D eigenvalue weighted by Crippen LogP contribution is 2.24. The summed E-state index contributed by atoms with van der Waals surface area (Å²) in [5.41, 5.74) is 7.33. The Morgan fingerprint density at radius 1 is 0.879 bits per heavy atom. The smallest absolute Gasteiger partial charge is 0.257 e. The number of hydrogen-bond donors (Lipinski definition) is 3. The molecule has 0 spiro atoms. The predicted molar refractivity (Wildman–Crippen MR) is 133 cm³/mol. The monoisotopic (exact) mass is 461 g/mol. The predicted octanol–water partition coefficient (Wildman–Crippen LogP) is 4.33. The quantitative estimate of drug-likeness (QED) is 0.361. The molecule has 2 amide bonds. The summed E-state index contributed by atoms with van der Waals surface area (Å²) in [7, 11) is 0. The van der Waals surface area contributed by atoms with Gasteiger partial charge in [0.15, 0.2) is 5.11 Å². The van der Waals surface area contributed by atoms with Crippen LogP contribution in [0.15, 0.2) is 84.9 Å². The highest BCUT2D eigenvalue weighted by atomic mass is 32.1. The standard InChI is InChI=1S/C26H27N3O3S/c1-3-18(2)32-22-16-10-15-21(17-22)24(30)27-26(33)29-28-25(31)23(19-11-6-4-7-12-19)20-13-8-5-9-14-20/h4-18,23H,3H2,1-2H3,(H,28,31)(H2,27,29,30,33). The van der Waals surface area contributed by atoms with Crippen molar-refractivity contribution in [3.05, 3.63) is 102 Å². The van der Waals surface area contributed by atoms with Crippen LogP contribution in [0.4, 0.5) is 0 Å². The van der Waals surface area contributed by atoms with Gasteiger partial charge in [-0.1, -0.05) is 73.7 Å². The maximum Gasteiger partial charge on any atom is 0.257 e. The fourth-order valence-electron chi connectivity index (χ4n) is 3.21. The van der Waals surface area contributed by atoms with E-state index in [9.17, 15) is 9.59 Å². The van der Waals surface area contributed by atoms with Gasteiger partial charge in [-0.3, -0.25) is 25.8 Å². The van der Waals surface area contributed by atoms with Crippen molar-refractivity contribution < 1.29 is 14.3 Å². The fourth-order valence-corrected chi connectivity index (χ4v) is 3.35. The van der Waals surface area contributed by atoms with Crippen LogP contribution < -0.4 is 20.9 Å². The van der Waals surface area contributed by atoms with Gasteiger partial charge in [0, 0.05) is 5.56 Å². The molecule has 0 heterocycles. The average Bonchev–Trinajstić information content (AvgIpc) is 2.84. The molecule has 170 valence electrons. The van der Waals surface area contributed by atoms with Gasteiger partial charge in [-0.25, -0.2) is 0 Å². The Hall–Kier alpha value is -3.71. The number of rotatable bonds is 7. The molecule has 33 heavy (non-hydrogen) atoms. The largest absolute Gasteiger partial charge is 0.491 e. The topological polar surface area (TPSA) is 79.5 Å². The molecule has 0 aromatic heterocycles. The molecule has 0 fully saturated rings. The van der Waals surface area contributed by atoms with Gasteiger partial charge in [-0.05, 0) is 54.9 Å². The normalized spacial score (nSPS) is 11.4. The van der Waals surface area contributed by atoms with Gasteiger partial charge < -0.3 is 4.74 Å². The molecule has 0 radical (unpaired) electrons. The molecule has 3 N–H and O–H groups in total. The van der Waals surface area contributed by atoms with Gasteiger partial charge in [0.25, 0.3) is 5.91 Å². The van der Waals surface area contributed by atoms with E-state index in [1.54, 1.807) is 24.3 Å². The first-order chi connectivity index (χ1) is 16.0. The summed E-state index contributed by atoms with van der Waals surface area (Å²) in [6.45, 7) is 3.99. The molecular formula is C26H27N3O3S. The molecule has 0 bridgehead atoms. The summed E-state index contributed by atoms with van der Waals surface area (Å²) in [5, 5.41) is 2.56. The zero-order chi connectivity index (χ0) is 23.6. The van der Waals surface area contributed by atoms with Gasteiger partial charge in [0.2, 0.25) is 5.91 Å². The molecule has 3 aromatic rings.